The van der Waals surface area contributed by atoms with Gasteiger partial charge in [0.25, 0.3) is 0 Å². The van der Waals surface area contributed by atoms with Crippen LogP contribution in [-0.2, 0) is 13.0 Å². The number of aromatic nitrogens is 2. The Morgan fingerprint density at radius 1 is 1.03 bits per heavy atom. The van der Waals surface area contributed by atoms with Crippen LogP contribution in [0.15, 0.2) is 54.6 Å². The van der Waals surface area contributed by atoms with E-state index in [1.165, 1.54) is 0 Å². The first-order chi connectivity index (χ1) is 15.1. The highest BCUT2D eigenvalue weighted by atomic mass is 16.5. The summed E-state index contributed by atoms with van der Waals surface area (Å²) in [4.78, 5) is 2.26. The normalized spacial score (nSPS) is 12.2. The fourth-order valence-corrected chi connectivity index (χ4v) is 3.73. The molecule has 0 saturated carbocycles. The van der Waals surface area contributed by atoms with Crippen molar-refractivity contribution < 1.29 is 14.6 Å². The second-order valence-electron chi connectivity index (χ2n) is 7.67. The van der Waals surface area contributed by atoms with Gasteiger partial charge in [0.05, 0.1) is 30.2 Å². The van der Waals surface area contributed by atoms with E-state index < -0.39 is 6.10 Å². The highest BCUT2D eigenvalue weighted by Gasteiger charge is 2.23. The summed E-state index contributed by atoms with van der Waals surface area (Å²) in [6.45, 7) is 8.21. The Morgan fingerprint density at radius 2 is 1.71 bits per heavy atom. The minimum atomic E-state index is -0.403. The second-order valence-corrected chi connectivity index (χ2v) is 7.67. The second kappa shape index (κ2) is 11.0. The first-order valence-electron chi connectivity index (χ1n) is 10.9. The molecule has 0 fully saturated rings. The van der Waals surface area contributed by atoms with Crippen molar-refractivity contribution in [2.45, 2.75) is 46.3 Å². The number of aryl methyl sites for hydroxylation is 1. The molecule has 166 valence electrons. The van der Waals surface area contributed by atoms with Gasteiger partial charge in [0.15, 0.2) is 11.5 Å². The van der Waals surface area contributed by atoms with Gasteiger partial charge in [-0.3, -0.25) is 4.90 Å². The number of aliphatic hydroxyl groups is 1. The number of benzene rings is 2. The molecule has 0 spiro atoms. The average Bonchev–Trinajstić information content (AvgIpc) is 3.11. The summed E-state index contributed by atoms with van der Waals surface area (Å²) in [5.41, 5.74) is 2.96. The van der Waals surface area contributed by atoms with Crippen LogP contribution < -0.4 is 9.47 Å². The Kier molecular flexibility index (Phi) is 8.09. The molecule has 3 rings (SSSR count). The van der Waals surface area contributed by atoms with Crippen molar-refractivity contribution in [2.24, 2.45) is 0 Å². The van der Waals surface area contributed by atoms with Crippen LogP contribution in [0.3, 0.4) is 0 Å². The third-order valence-corrected chi connectivity index (χ3v) is 5.07. The van der Waals surface area contributed by atoms with Crippen molar-refractivity contribution in [1.29, 1.82) is 0 Å². The lowest BCUT2D eigenvalue weighted by Gasteiger charge is -2.24. The van der Waals surface area contributed by atoms with Crippen molar-refractivity contribution in [1.82, 2.24) is 14.7 Å². The van der Waals surface area contributed by atoms with E-state index in [9.17, 15) is 5.11 Å². The summed E-state index contributed by atoms with van der Waals surface area (Å²) in [5.74, 6) is 1.99. The lowest BCUT2D eigenvalue weighted by Crippen LogP contribution is -2.31. The molecule has 6 heteroatoms. The summed E-state index contributed by atoms with van der Waals surface area (Å²) >= 11 is 0. The Hall–Kier alpha value is -2.83. The van der Waals surface area contributed by atoms with Gasteiger partial charge in [-0.25, -0.2) is 4.68 Å². The summed E-state index contributed by atoms with van der Waals surface area (Å²) in [5, 5.41) is 14.9. The summed E-state index contributed by atoms with van der Waals surface area (Å²) in [6, 6.07) is 17.6. The van der Waals surface area contributed by atoms with E-state index in [-0.39, 0.29) is 0 Å². The van der Waals surface area contributed by atoms with Crippen molar-refractivity contribution >= 4 is 0 Å². The average molecular weight is 424 g/mol. The Labute approximate surface area is 185 Å². The first kappa shape index (κ1) is 22.8. The molecule has 1 atom stereocenters. The maximum Gasteiger partial charge on any atom is 0.227 e. The van der Waals surface area contributed by atoms with Gasteiger partial charge < -0.3 is 14.6 Å². The van der Waals surface area contributed by atoms with E-state index in [2.05, 4.69) is 18.7 Å². The molecule has 0 bridgehead atoms. The van der Waals surface area contributed by atoms with Crippen LogP contribution in [0.5, 0.6) is 17.4 Å². The Morgan fingerprint density at radius 3 is 2.32 bits per heavy atom. The lowest BCUT2D eigenvalue weighted by atomic mass is 10.1. The molecule has 0 unspecified atom stereocenters. The van der Waals surface area contributed by atoms with Gasteiger partial charge in [-0.05, 0) is 50.6 Å². The van der Waals surface area contributed by atoms with Crippen molar-refractivity contribution in [3.63, 3.8) is 0 Å². The molecule has 0 aliphatic heterocycles. The van der Waals surface area contributed by atoms with Crippen molar-refractivity contribution in [2.75, 3.05) is 20.2 Å². The molecular formula is C25H33N3O3. The van der Waals surface area contributed by atoms with Gasteiger partial charge >= 0.3 is 0 Å². The quantitative estimate of drug-likeness (QED) is 0.479. The zero-order valence-corrected chi connectivity index (χ0v) is 18.9. The highest BCUT2D eigenvalue weighted by molar-refractivity contribution is 5.47. The topological polar surface area (TPSA) is 59.8 Å². The minimum absolute atomic E-state index is 0.403. The van der Waals surface area contributed by atoms with Crippen molar-refractivity contribution in [3.05, 3.63) is 65.9 Å². The number of hydrogen-bond donors (Lipinski definition) is 1. The van der Waals surface area contributed by atoms with Crippen LogP contribution in [0.1, 0.15) is 38.4 Å². The van der Waals surface area contributed by atoms with Crippen LogP contribution in [0.2, 0.25) is 0 Å². The van der Waals surface area contributed by atoms with Crippen LogP contribution in [0.25, 0.3) is 5.69 Å². The molecule has 6 nitrogen and oxygen atoms in total. The van der Waals surface area contributed by atoms with Gasteiger partial charge in [-0.2, -0.15) is 5.10 Å². The van der Waals surface area contributed by atoms with Gasteiger partial charge in [0.2, 0.25) is 5.88 Å². The van der Waals surface area contributed by atoms with Crippen molar-refractivity contribution in [3.8, 4) is 23.1 Å². The fraction of sp³-hybridized carbons (Fsp3) is 0.400. The zero-order valence-electron chi connectivity index (χ0n) is 18.9. The molecule has 0 aliphatic carbocycles. The van der Waals surface area contributed by atoms with Crippen LogP contribution >= 0.6 is 0 Å². The zero-order chi connectivity index (χ0) is 22.2. The minimum Gasteiger partial charge on any atom is -0.493 e. The smallest absolute Gasteiger partial charge is 0.227 e. The van der Waals surface area contributed by atoms with E-state index in [0.717, 1.165) is 36.3 Å². The van der Waals surface area contributed by atoms with Crippen LogP contribution in [0, 0.1) is 0 Å². The number of nitrogens with zero attached hydrogens (tertiary/aromatic N) is 3. The summed E-state index contributed by atoms with van der Waals surface area (Å²) < 4.78 is 13.8. The standard InChI is InChI=1S/C25H33N3O3/c1-5-16-27(17-19(3)29)18-21-22(6-2)26-28(20-12-8-7-9-13-20)25(21)31-24-15-11-10-14-23(24)30-4/h7-15,19,29H,5-6,16-18H2,1-4H3/t19-/m0/s1. The molecule has 1 heterocycles. The van der Waals surface area contributed by atoms with Gasteiger partial charge in [0, 0.05) is 13.1 Å². The first-order valence-corrected chi connectivity index (χ1v) is 10.9. The van der Waals surface area contributed by atoms with E-state index in [1.54, 1.807) is 7.11 Å². The Balaban J connectivity index is 2.10. The number of hydrogen-bond acceptors (Lipinski definition) is 5. The van der Waals surface area contributed by atoms with E-state index in [1.807, 2.05) is 66.2 Å². The fourth-order valence-electron chi connectivity index (χ4n) is 3.73. The monoisotopic (exact) mass is 423 g/mol. The molecule has 31 heavy (non-hydrogen) atoms. The van der Waals surface area contributed by atoms with Gasteiger partial charge in [-0.1, -0.05) is 44.2 Å². The van der Waals surface area contributed by atoms with Gasteiger partial charge in [0.1, 0.15) is 0 Å². The third kappa shape index (κ3) is 5.66. The largest absolute Gasteiger partial charge is 0.493 e. The molecule has 0 aliphatic rings. The number of rotatable bonds is 11. The highest BCUT2D eigenvalue weighted by Crippen LogP contribution is 2.36. The number of para-hydroxylation sites is 3. The molecule has 2 aromatic carbocycles. The molecule has 0 radical (unpaired) electrons. The molecule has 1 aromatic heterocycles. The maximum atomic E-state index is 10.00. The molecular weight excluding hydrogens is 390 g/mol. The van der Waals surface area contributed by atoms with E-state index >= 15 is 0 Å². The lowest BCUT2D eigenvalue weighted by molar-refractivity contribution is 0.121. The number of ether oxygens (including phenoxy) is 2. The predicted molar refractivity (Wildman–Crippen MR) is 123 cm³/mol. The van der Waals surface area contributed by atoms with Crippen LogP contribution in [0.4, 0.5) is 0 Å². The molecule has 0 saturated heterocycles. The van der Waals surface area contributed by atoms with E-state index in [0.29, 0.717) is 30.5 Å². The Bertz CT molecular complexity index is 954. The number of aliphatic hydroxyl groups excluding tert-OH is 1. The molecule has 1 N–H and O–H groups in total. The maximum absolute atomic E-state index is 10.00. The third-order valence-electron chi connectivity index (χ3n) is 5.07. The predicted octanol–water partition coefficient (Wildman–Crippen LogP) is 4.83. The molecule has 3 aromatic rings. The number of methoxy groups -OCH3 is 1. The van der Waals surface area contributed by atoms with Gasteiger partial charge in [-0.15, -0.1) is 0 Å². The summed E-state index contributed by atoms with van der Waals surface area (Å²) in [7, 11) is 1.64. The van der Waals surface area contributed by atoms with Crippen LogP contribution in [-0.4, -0.2) is 46.1 Å². The SMILES string of the molecule is CCCN(Cc1c(CC)nn(-c2ccccc2)c1Oc1ccccc1OC)C[C@H](C)O. The van der Waals surface area contributed by atoms with E-state index in [4.69, 9.17) is 14.6 Å². The molecule has 0 amide bonds. The summed E-state index contributed by atoms with van der Waals surface area (Å²) in [6.07, 6.45) is 1.38.